The molecule has 0 N–H and O–H groups in total. The van der Waals surface area contributed by atoms with Crippen molar-refractivity contribution in [3.63, 3.8) is 0 Å². The largest absolute Gasteiger partial charge is 0.256 e. The van der Waals surface area contributed by atoms with Crippen molar-refractivity contribution in [2.75, 3.05) is 0 Å². The van der Waals surface area contributed by atoms with Crippen molar-refractivity contribution in [3.8, 4) is 0 Å². The van der Waals surface area contributed by atoms with Crippen molar-refractivity contribution >= 4 is 16.7 Å². The van der Waals surface area contributed by atoms with E-state index in [-0.39, 0.29) is 5.83 Å². The second-order valence-electron chi connectivity index (χ2n) is 3.05. The third-order valence-electron chi connectivity index (χ3n) is 2.13. The van der Waals surface area contributed by atoms with Crippen LogP contribution >= 0.6 is 0 Å². The first-order valence-electron chi connectivity index (χ1n) is 4.48. The maximum absolute atomic E-state index is 13.2. The van der Waals surface area contributed by atoms with E-state index in [4.69, 9.17) is 0 Å². The molecule has 0 saturated carbocycles. The fraction of sp³-hybridized carbons (Fsp3) is 0.0833. The fourth-order valence-corrected chi connectivity index (χ4v) is 1.39. The van der Waals surface area contributed by atoms with Gasteiger partial charge in [0, 0.05) is 17.1 Å². The van der Waals surface area contributed by atoms with Gasteiger partial charge in [-0.05, 0) is 31.2 Å². The predicted octanol–water partition coefficient (Wildman–Crippen LogP) is 3.57. The molecular weight excluding hydrogens is 177 g/mol. The number of hydrogen-bond acceptors (Lipinski definition) is 1. The number of pyridine rings is 1. The van der Waals surface area contributed by atoms with E-state index in [2.05, 4.69) is 4.98 Å². The van der Waals surface area contributed by atoms with E-state index < -0.39 is 0 Å². The predicted molar refractivity (Wildman–Crippen MR) is 56.5 cm³/mol. The van der Waals surface area contributed by atoms with E-state index in [1.165, 1.54) is 6.08 Å². The van der Waals surface area contributed by atoms with Gasteiger partial charge >= 0.3 is 0 Å². The Kier molecular flexibility index (Phi) is 2.27. The monoisotopic (exact) mass is 187 g/mol. The van der Waals surface area contributed by atoms with Gasteiger partial charge in [0.05, 0.1) is 5.52 Å². The minimum absolute atomic E-state index is 0.198. The first-order chi connectivity index (χ1) is 6.81. The maximum Gasteiger partial charge on any atom is 0.126 e. The lowest BCUT2D eigenvalue weighted by molar-refractivity contribution is 0.758. The Bertz CT molecular complexity index is 488. The number of rotatable bonds is 1. The van der Waals surface area contributed by atoms with Gasteiger partial charge in [0.25, 0.3) is 0 Å². The smallest absolute Gasteiger partial charge is 0.126 e. The molecule has 14 heavy (non-hydrogen) atoms. The van der Waals surface area contributed by atoms with Crippen LogP contribution in [0.1, 0.15) is 12.5 Å². The first kappa shape index (κ1) is 8.88. The molecule has 1 heterocycles. The molecule has 0 aliphatic carbocycles. The summed E-state index contributed by atoms with van der Waals surface area (Å²) in [7, 11) is 0. The van der Waals surface area contributed by atoms with Gasteiger partial charge in [-0.1, -0.05) is 12.1 Å². The first-order valence-corrected chi connectivity index (χ1v) is 4.48. The zero-order valence-corrected chi connectivity index (χ0v) is 7.87. The molecule has 0 spiro atoms. The Morgan fingerprint density at radius 2 is 2.21 bits per heavy atom. The number of aromatic nitrogens is 1. The van der Waals surface area contributed by atoms with Gasteiger partial charge in [-0.15, -0.1) is 0 Å². The van der Waals surface area contributed by atoms with Gasteiger partial charge in [-0.25, -0.2) is 4.39 Å². The zero-order valence-electron chi connectivity index (χ0n) is 7.87. The van der Waals surface area contributed by atoms with Crippen LogP contribution in [0.15, 0.2) is 42.6 Å². The van der Waals surface area contributed by atoms with E-state index >= 15 is 0 Å². The van der Waals surface area contributed by atoms with Crippen molar-refractivity contribution in [3.05, 3.63) is 48.2 Å². The summed E-state index contributed by atoms with van der Waals surface area (Å²) in [5.74, 6) is -0.198. The van der Waals surface area contributed by atoms with Crippen molar-refractivity contribution < 1.29 is 4.39 Å². The standard InChI is InChI=1S/C12H10FN/c1-2-11(13)9-5-6-12-10(8-9)4-3-7-14-12/h2-8H,1H3/b11-2+. The molecule has 0 aliphatic rings. The molecule has 0 unspecified atom stereocenters. The maximum atomic E-state index is 13.2. The third kappa shape index (κ3) is 1.51. The number of halogens is 1. The van der Waals surface area contributed by atoms with Crippen molar-refractivity contribution in [1.29, 1.82) is 0 Å². The summed E-state index contributed by atoms with van der Waals surface area (Å²) in [6, 6.07) is 9.14. The summed E-state index contributed by atoms with van der Waals surface area (Å²) < 4.78 is 13.2. The number of allylic oxidation sites excluding steroid dienone is 1. The molecule has 0 radical (unpaired) electrons. The molecule has 2 rings (SSSR count). The molecule has 0 amide bonds. The van der Waals surface area contributed by atoms with Crippen LogP contribution in [0.4, 0.5) is 4.39 Å². The molecule has 0 saturated heterocycles. The zero-order chi connectivity index (χ0) is 9.97. The van der Waals surface area contributed by atoms with Gasteiger partial charge < -0.3 is 0 Å². The number of nitrogens with zero attached hydrogens (tertiary/aromatic N) is 1. The Balaban J connectivity index is 2.62. The second kappa shape index (κ2) is 3.58. The van der Waals surface area contributed by atoms with Gasteiger partial charge in [0.15, 0.2) is 0 Å². The molecule has 0 atom stereocenters. The Hall–Kier alpha value is -1.70. The molecule has 1 nitrogen and oxygen atoms in total. The van der Waals surface area contributed by atoms with Gasteiger partial charge in [0.2, 0.25) is 0 Å². The molecule has 1 aromatic carbocycles. The van der Waals surface area contributed by atoms with Crippen LogP contribution in [0, 0.1) is 0 Å². The minimum Gasteiger partial charge on any atom is -0.256 e. The average molecular weight is 187 g/mol. The van der Waals surface area contributed by atoms with Crippen LogP contribution in [0.5, 0.6) is 0 Å². The average Bonchev–Trinajstić information content (AvgIpc) is 2.27. The quantitative estimate of drug-likeness (QED) is 0.665. The van der Waals surface area contributed by atoms with Crippen LogP contribution in [0.2, 0.25) is 0 Å². The SMILES string of the molecule is C/C=C(/F)c1ccc2ncccc2c1. The molecule has 1 aromatic heterocycles. The summed E-state index contributed by atoms with van der Waals surface area (Å²) in [6.07, 6.45) is 3.19. The van der Waals surface area contributed by atoms with Gasteiger partial charge in [-0.2, -0.15) is 0 Å². The highest BCUT2D eigenvalue weighted by atomic mass is 19.1. The fourth-order valence-electron chi connectivity index (χ4n) is 1.39. The highest BCUT2D eigenvalue weighted by Crippen LogP contribution is 2.20. The Morgan fingerprint density at radius 3 is 3.00 bits per heavy atom. The van der Waals surface area contributed by atoms with Crippen molar-refractivity contribution in [2.45, 2.75) is 6.92 Å². The van der Waals surface area contributed by atoms with E-state index in [9.17, 15) is 4.39 Å². The Labute approximate surface area is 81.9 Å². The van der Waals surface area contributed by atoms with Gasteiger partial charge in [0.1, 0.15) is 5.83 Å². The summed E-state index contributed by atoms with van der Waals surface area (Å²) in [5.41, 5.74) is 1.49. The van der Waals surface area contributed by atoms with E-state index in [0.717, 1.165) is 10.9 Å². The summed E-state index contributed by atoms with van der Waals surface area (Å²) >= 11 is 0. The third-order valence-corrected chi connectivity index (χ3v) is 2.13. The summed E-state index contributed by atoms with van der Waals surface area (Å²) in [5, 5.41) is 0.960. The van der Waals surface area contributed by atoms with E-state index in [0.29, 0.717) is 5.56 Å². The van der Waals surface area contributed by atoms with E-state index in [1.807, 2.05) is 18.2 Å². The number of benzene rings is 1. The molecule has 70 valence electrons. The second-order valence-corrected chi connectivity index (χ2v) is 3.05. The highest BCUT2D eigenvalue weighted by molar-refractivity contribution is 5.82. The van der Waals surface area contributed by atoms with Crippen molar-refractivity contribution in [2.24, 2.45) is 0 Å². The molecular formula is C12H10FN. The number of hydrogen-bond donors (Lipinski definition) is 0. The molecule has 0 bridgehead atoms. The topological polar surface area (TPSA) is 12.9 Å². The van der Waals surface area contributed by atoms with E-state index in [1.54, 1.807) is 25.3 Å². The van der Waals surface area contributed by atoms with Crippen LogP contribution in [-0.4, -0.2) is 4.98 Å². The number of fused-ring (bicyclic) bond motifs is 1. The van der Waals surface area contributed by atoms with Gasteiger partial charge in [-0.3, -0.25) is 4.98 Å². The lowest BCUT2D eigenvalue weighted by Crippen LogP contribution is -1.81. The molecule has 0 fully saturated rings. The minimum atomic E-state index is -0.198. The lowest BCUT2D eigenvalue weighted by atomic mass is 10.1. The van der Waals surface area contributed by atoms with Crippen LogP contribution < -0.4 is 0 Å². The normalized spacial score (nSPS) is 12.0. The molecule has 2 heteroatoms. The summed E-state index contributed by atoms with van der Waals surface area (Å²) in [4.78, 5) is 4.17. The van der Waals surface area contributed by atoms with Crippen LogP contribution in [-0.2, 0) is 0 Å². The Morgan fingerprint density at radius 1 is 1.36 bits per heavy atom. The molecule has 2 aromatic rings. The van der Waals surface area contributed by atoms with Crippen LogP contribution in [0.25, 0.3) is 16.7 Å². The molecule has 0 aliphatic heterocycles. The van der Waals surface area contributed by atoms with Crippen molar-refractivity contribution in [1.82, 2.24) is 4.98 Å². The lowest BCUT2D eigenvalue weighted by Gasteiger charge is -1.99. The highest BCUT2D eigenvalue weighted by Gasteiger charge is 2.00. The van der Waals surface area contributed by atoms with Crippen LogP contribution in [0.3, 0.4) is 0 Å². The summed E-state index contributed by atoms with van der Waals surface area (Å²) in [6.45, 7) is 1.68.